The Hall–Kier alpha value is -2.90. The van der Waals surface area contributed by atoms with Crippen LogP contribution in [0.1, 0.15) is 18.4 Å². The first kappa shape index (κ1) is 21.0. The Labute approximate surface area is 189 Å². The summed E-state index contributed by atoms with van der Waals surface area (Å²) in [4.78, 5) is 14.5. The van der Waals surface area contributed by atoms with Crippen molar-refractivity contribution in [1.29, 1.82) is 0 Å². The van der Waals surface area contributed by atoms with Gasteiger partial charge < -0.3 is 18.9 Å². The molecule has 0 unspecified atom stereocenters. The smallest absolute Gasteiger partial charge is 0.138 e. The van der Waals surface area contributed by atoms with Crippen LogP contribution in [0.15, 0.2) is 55.1 Å². The largest absolute Gasteiger partial charge is 0.497 e. The Balaban J connectivity index is 1.27. The van der Waals surface area contributed by atoms with E-state index in [4.69, 9.17) is 19.4 Å². The van der Waals surface area contributed by atoms with Gasteiger partial charge in [-0.2, -0.15) is 0 Å². The molecule has 7 nitrogen and oxygen atoms in total. The molecule has 5 rings (SSSR count). The summed E-state index contributed by atoms with van der Waals surface area (Å²) in [6, 6.07) is 13.0. The lowest BCUT2D eigenvalue weighted by Gasteiger charge is -2.40. The highest BCUT2D eigenvalue weighted by Gasteiger charge is 2.27. The lowest BCUT2D eigenvalue weighted by Crippen LogP contribution is -2.49. The zero-order valence-corrected chi connectivity index (χ0v) is 18.7. The van der Waals surface area contributed by atoms with E-state index in [0.717, 1.165) is 68.8 Å². The van der Waals surface area contributed by atoms with Gasteiger partial charge in [0.25, 0.3) is 0 Å². The first-order valence-corrected chi connectivity index (χ1v) is 11.5. The number of aromatic nitrogens is 3. The molecule has 0 saturated carbocycles. The Bertz CT molecular complexity index is 1010. The fourth-order valence-corrected chi connectivity index (χ4v) is 4.76. The fourth-order valence-electron chi connectivity index (χ4n) is 4.76. The molecule has 2 saturated heterocycles. The number of benzene rings is 1. The molecule has 4 heterocycles. The van der Waals surface area contributed by atoms with Gasteiger partial charge in [-0.1, -0.05) is 12.1 Å². The van der Waals surface area contributed by atoms with Crippen LogP contribution in [0.5, 0.6) is 5.75 Å². The van der Waals surface area contributed by atoms with Crippen molar-refractivity contribution in [2.75, 3.05) is 51.4 Å². The number of pyridine rings is 1. The predicted octanol–water partition coefficient (Wildman–Crippen LogP) is 3.30. The number of methoxy groups -OCH3 is 1. The number of anilines is 1. The van der Waals surface area contributed by atoms with E-state index < -0.39 is 0 Å². The molecular weight excluding hydrogens is 402 g/mol. The average Bonchev–Trinajstić information content (AvgIpc) is 3.33. The number of imidazole rings is 1. The second kappa shape index (κ2) is 9.71. The van der Waals surface area contributed by atoms with Gasteiger partial charge in [-0.05, 0) is 42.7 Å². The zero-order valence-electron chi connectivity index (χ0n) is 18.7. The second-order valence-electron chi connectivity index (χ2n) is 8.52. The number of hydrogen-bond donors (Lipinski definition) is 0. The number of ether oxygens (including phenoxy) is 2. The first-order valence-electron chi connectivity index (χ1n) is 11.5. The zero-order chi connectivity index (χ0) is 21.8. The molecule has 32 heavy (non-hydrogen) atoms. The molecule has 1 aromatic carbocycles. The predicted molar refractivity (Wildman–Crippen MR) is 125 cm³/mol. The van der Waals surface area contributed by atoms with Crippen LogP contribution in [0, 0.1) is 0 Å². The first-order chi connectivity index (χ1) is 15.8. The number of nitrogens with zero attached hydrogens (tertiary/aromatic N) is 5. The van der Waals surface area contributed by atoms with E-state index >= 15 is 0 Å². The average molecular weight is 434 g/mol. The van der Waals surface area contributed by atoms with Crippen molar-refractivity contribution in [3.8, 4) is 17.0 Å². The molecule has 3 aromatic rings. The van der Waals surface area contributed by atoms with Crippen LogP contribution in [0.3, 0.4) is 0 Å². The highest BCUT2D eigenvalue weighted by molar-refractivity contribution is 5.73. The minimum atomic E-state index is 0.658. The molecule has 7 heteroatoms. The van der Waals surface area contributed by atoms with Crippen molar-refractivity contribution >= 4 is 5.82 Å². The van der Waals surface area contributed by atoms with Gasteiger partial charge in [0.15, 0.2) is 0 Å². The third-order valence-electron chi connectivity index (χ3n) is 6.55. The van der Waals surface area contributed by atoms with Crippen molar-refractivity contribution in [2.45, 2.75) is 25.4 Å². The van der Waals surface area contributed by atoms with Crippen LogP contribution in [-0.4, -0.2) is 72.0 Å². The molecule has 0 atom stereocenters. The van der Waals surface area contributed by atoms with E-state index in [1.807, 2.05) is 30.7 Å². The van der Waals surface area contributed by atoms with Gasteiger partial charge in [0, 0.05) is 56.7 Å². The van der Waals surface area contributed by atoms with Crippen LogP contribution >= 0.6 is 0 Å². The summed E-state index contributed by atoms with van der Waals surface area (Å²) in [6.45, 7) is 6.68. The lowest BCUT2D eigenvalue weighted by atomic mass is 10.0. The summed E-state index contributed by atoms with van der Waals surface area (Å²) in [6.07, 6.45) is 8.25. The van der Waals surface area contributed by atoms with Crippen LogP contribution in [0.4, 0.5) is 5.82 Å². The van der Waals surface area contributed by atoms with Gasteiger partial charge in [0.1, 0.15) is 11.6 Å². The summed E-state index contributed by atoms with van der Waals surface area (Å²) in [5, 5.41) is 0. The quantitative estimate of drug-likeness (QED) is 0.595. The molecule has 2 aliphatic heterocycles. The molecule has 168 valence electrons. The van der Waals surface area contributed by atoms with E-state index in [-0.39, 0.29) is 0 Å². The third kappa shape index (κ3) is 4.64. The maximum atomic E-state index is 5.52. The number of piperidine rings is 1. The van der Waals surface area contributed by atoms with E-state index in [9.17, 15) is 0 Å². The van der Waals surface area contributed by atoms with E-state index in [0.29, 0.717) is 6.04 Å². The highest BCUT2D eigenvalue weighted by Crippen LogP contribution is 2.30. The monoisotopic (exact) mass is 433 g/mol. The van der Waals surface area contributed by atoms with Crippen LogP contribution in [-0.2, 0) is 11.3 Å². The van der Waals surface area contributed by atoms with Gasteiger partial charge >= 0.3 is 0 Å². The van der Waals surface area contributed by atoms with Gasteiger partial charge in [-0.3, -0.25) is 4.90 Å². The molecule has 2 aliphatic rings. The maximum Gasteiger partial charge on any atom is 0.138 e. The summed E-state index contributed by atoms with van der Waals surface area (Å²) in [5.41, 5.74) is 3.29. The van der Waals surface area contributed by atoms with Crippen molar-refractivity contribution in [3.05, 3.63) is 60.7 Å². The summed E-state index contributed by atoms with van der Waals surface area (Å²) in [7, 11) is 1.69. The summed E-state index contributed by atoms with van der Waals surface area (Å²) >= 11 is 0. The molecule has 0 bridgehead atoms. The SMILES string of the molecule is COc1ccc(Cn2cnc(-c3cccnc3N3CCC(N4CCOCC4)CC3)c2)cc1. The Kier molecular flexibility index (Phi) is 6.36. The van der Waals surface area contributed by atoms with Crippen LogP contribution in [0.25, 0.3) is 11.3 Å². The molecule has 0 amide bonds. The summed E-state index contributed by atoms with van der Waals surface area (Å²) in [5.74, 6) is 1.92. The van der Waals surface area contributed by atoms with Gasteiger partial charge in [0.2, 0.25) is 0 Å². The van der Waals surface area contributed by atoms with Gasteiger partial charge in [-0.25, -0.2) is 9.97 Å². The van der Waals surface area contributed by atoms with E-state index in [2.05, 4.69) is 38.8 Å². The normalized spacial score (nSPS) is 18.1. The van der Waals surface area contributed by atoms with Gasteiger partial charge in [-0.15, -0.1) is 0 Å². The van der Waals surface area contributed by atoms with Crippen molar-refractivity contribution in [2.24, 2.45) is 0 Å². The number of morpholine rings is 1. The Morgan fingerprint density at radius 3 is 2.53 bits per heavy atom. The standard InChI is InChI=1S/C25H31N5O2/c1-31-22-6-4-20(5-7-22)17-28-18-24(27-19-28)23-3-2-10-26-25(23)30-11-8-21(9-12-30)29-13-15-32-16-14-29/h2-7,10,18-19,21H,8-9,11-17H2,1H3. The number of hydrogen-bond acceptors (Lipinski definition) is 6. The minimum Gasteiger partial charge on any atom is -0.497 e. The highest BCUT2D eigenvalue weighted by atomic mass is 16.5. The molecule has 0 spiro atoms. The second-order valence-corrected chi connectivity index (χ2v) is 8.52. The maximum absolute atomic E-state index is 5.52. The van der Waals surface area contributed by atoms with E-state index in [1.54, 1.807) is 7.11 Å². The van der Waals surface area contributed by atoms with E-state index in [1.165, 1.54) is 18.4 Å². The fraction of sp³-hybridized carbons (Fsp3) is 0.440. The molecule has 2 aromatic heterocycles. The van der Waals surface area contributed by atoms with Gasteiger partial charge in [0.05, 0.1) is 32.3 Å². The van der Waals surface area contributed by atoms with Crippen molar-refractivity contribution < 1.29 is 9.47 Å². The molecule has 2 fully saturated rings. The Morgan fingerprint density at radius 2 is 1.78 bits per heavy atom. The summed E-state index contributed by atoms with van der Waals surface area (Å²) < 4.78 is 12.9. The van der Waals surface area contributed by atoms with Crippen molar-refractivity contribution in [1.82, 2.24) is 19.4 Å². The van der Waals surface area contributed by atoms with Crippen LogP contribution in [0.2, 0.25) is 0 Å². The lowest BCUT2D eigenvalue weighted by molar-refractivity contribution is 0.0115. The molecular formula is C25H31N5O2. The molecule has 0 radical (unpaired) electrons. The van der Waals surface area contributed by atoms with Crippen molar-refractivity contribution in [3.63, 3.8) is 0 Å². The minimum absolute atomic E-state index is 0.658. The van der Waals surface area contributed by atoms with Crippen LogP contribution < -0.4 is 9.64 Å². The third-order valence-corrected chi connectivity index (χ3v) is 6.55. The number of rotatable bonds is 6. The molecule has 0 N–H and O–H groups in total. The topological polar surface area (TPSA) is 55.7 Å². The molecule has 0 aliphatic carbocycles. The Morgan fingerprint density at radius 1 is 1.00 bits per heavy atom.